The fourth-order valence-corrected chi connectivity index (χ4v) is 18.4. The number of piperidine rings is 1. The minimum Gasteiger partial charge on any atom is -0.496 e. The number of carbonyl (C=O) groups excluding carboxylic acids is 6. The van der Waals surface area contributed by atoms with Crippen molar-refractivity contribution >= 4 is 93.2 Å². The van der Waals surface area contributed by atoms with Gasteiger partial charge in [-0.25, -0.2) is 15.1 Å². The second-order valence-electron chi connectivity index (χ2n) is 27.3. The van der Waals surface area contributed by atoms with Crippen molar-refractivity contribution in [1.82, 2.24) is 30.8 Å². The number of carboxylic acid groups (broad SMARTS) is 2. The van der Waals surface area contributed by atoms with Gasteiger partial charge in [0.1, 0.15) is 29.4 Å². The summed E-state index contributed by atoms with van der Waals surface area (Å²) in [6.07, 6.45) is 4.31. The third-order valence-corrected chi connectivity index (χ3v) is 23.1. The van der Waals surface area contributed by atoms with E-state index >= 15 is 9.59 Å². The summed E-state index contributed by atoms with van der Waals surface area (Å²) in [6, 6.07) is 13.2. The number of aromatic amines is 1. The van der Waals surface area contributed by atoms with Gasteiger partial charge in [0, 0.05) is 109 Å². The Morgan fingerprint density at radius 1 is 0.918 bits per heavy atom. The van der Waals surface area contributed by atoms with Gasteiger partial charge in [-0.1, -0.05) is 63.3 Å². The number of aliphatic hydroxyl groups excluding tert-OH is 1. The molecule has 27 nitrogen and oxygen atoms in total. The van der Waals surface area contributed by atoms with Crippen LogP contribution in [0.1, 0.15) is 113 Å². The third kappa shape index (κ3) is 12.1. The van der Waals surface area contributed by atoms with E-state index < -0.39 is 129 Å². The molecule has 97 heavy (non-hydrogen) atoms. The van der Waals surface area contributed by atoms with Crippen molar-refractivity contribution in [2.24, 2.45) is 38.8 Å². The number of nitrogens with zero attached hydrogens (tertiary/aromatic N) is 6. The SMILES string of the molecule is CC[C@]1(O)C[C@H]2CN(CCc3c([nH]c4ccccc34)[C@@](C(=O)OC)(c3cc4c(cc3OC)N(C)[C@H]3[C@@](O)(C(=O)N/N=C(\C)c5ccc(N6C(=O)CC(SC[C@H](NC(=O)[C@H](CC(=O)O)NC(=O)[C@@H](C)CCCN=C(N)N)C(=O)O)C6=O)cc5)[C@H](O)[C@]5(CC)C=CCN6CC[C@]43[C@@H]65)C2)C1. The molecule has 5 amide bonds. The van der Waals surface area contributed by atoms with Gasteiger partial charge in [-0.3, -0.25) is 48.4 Å². The molecule has 1 aliphatic carbocycles. The highest BCUT2D eigenvalue weighted by molar-refractivity contribution is 8.00. The number of para-hydroxylation sites is 1. The predicted octanol–water partition coefficient (Wildman–Crippen LogP) is 2.37. The second kappa shape index (κ2) is 27.1. The molecule has 2 unspecified atom stereocenters. The Kier molecular flexibility index (Phi) is 19.6. The lowest BCUT2D eigenvalue weighted by Gasteiger charge is -2.63. The number of aliphatic imine (C=N–C) groups is 1. The number of amides is 5. The maximum atomic E-state index is 15.6. The largest absolute Gasteiger partial charge is 0.496 e. The molecular formula is C69H88N12O15S. The molecule has 0 radical (unpaired) electrons. The number of hydrogen-bond donors (Lipinski definition) is 11. The first-order chi connectivity index (χ1) is 46.2. The summed E-state index contributed by atoms with van der Waals surface area (Å²) in [5, 5.41) is 67.9. The lowest BCUT2D eigenvalue weighted by molar-refractivity contribution is -0.203. The molecule has 3 aromatic carbocycles. The summed E-state index contributed by atoms with van der Waals surface area (Å²) in [4.78, 5) is 124. The fourth-order valence-electron chi connectivity index (χ4n) is 17.3. The zero-order chi connectivity index (χ0) is 69.8. The van der Waals surface area contributed by atoms with Crippen LogP contribution < -0.4 is 42.1 Å². The lowest BCUT2D eigenvalue weighted by atomic mass is 9.47. The number of hydrogen-bond acceptors (Lipinski definition) is 19. The molecule has 2 bridgehead atoms. The van der Waals surface area contributed by atoms with Crippen molar-refractivity contribution in [1.29, 1.82) is 0 Å². The number of rotatable bonds is 23. The van der Waals surface area contributed by atoms with Gasteiger partial charge in [0.25, 0.3) is 5.91 Å². The standard InChI is InChI=1S/C69H88N12O15S/c1-8-65(93)32-39-33-68(63(92)96-7,54-43(21-26-79(34-39)36-65)42-15-10-11-16-46(42)73-54)45-28-44-49(30-50(45)95-6)78(5)60-67(44)23-27-80-25-13-22-66(9-2,59(67)80)61(90)69(60,94)62(91)77-76-38(4)40-17-19-41(20-18-40)81-52(82)31-51(57(81)87)97-35-48(58(88)89)75-56(86)47(29-53(83)84)74-55(85)37(3)14-12-24-72-64(70)71/h10-11,13,15-20,22,28,30,37,39,47-48,51,59-61,73,90,93-94H,8-9,12,14,21,23-27,29,31-36H2,1-7H3,(H,74,85)(H,75,86)(H,77,91)(H,83,84)(H,88,89)(H4,70,71,72)/b76-38+/t37-,39+,47-,48-,51?,59-,60+,61+,65-,66+,67+,68-,69-/m0/s1. The number of fused-ring (bicyclic) bond motifs is 6. The number of aliphatic hydroxyl groups is 3. The molecule has 1 spiro atoms. The molecule has 28 heteroatoms. The van der Waals surface area contributed by atoms with Crippen LogP contribution in [0.2, 0.25) is 0 Å². The highest BCUT2D eigenvalue weighted by Gasteiger charge is 2.79. The summed E-state index contributed by atoms with van der Waals surface area (Å²) in [6.45, 7) is 10.2. The van der Waals surface area contributed by atoms with Gasteiger partial charge >= 0.3 is 17.9 Å². The van der Waals surface area contributed by atoms with Gasteiger partial charge in [-0.05, 0) is 112 Å². The molecule has 7 aliphatic rings. The number of carboxylic acids is 2. The summed E-state index contributed by atoms with van der Waals surface area (Å²) in [5.74, 6) is -8.47. The van der Waals surface area contributed by atoms with Gasteiger partial charge in [-0.15, -0.1) is 11.8 Å². The number of nitrogens with two attached hydrogens (primary N) is 2. The lowest BCUT2D eigenvalue weighted by Crippen LogP contribution is -2.81. The average molecular weight is 1360 g/mol. The molecular weight excluding hydrogens is 1270 g/mol. The Bertz CT molecular complexity index is 3900. The van der Waals surface area contributed by atoms with E-state index in [1.54, 1.807) is 40.1 Å². The highest BCUT2D eigenvalue weighted by atomic mass is 32.2. The van der Waals surface area contributed by atoms with Gasteiger partial charge in [0.15, 0.2) is 11.6 Å². The average Bonchev–Trinajstić information content (AvgIpc) is 1.50. The monoisotopic (exact) mass is 1360 g/mol. The van der Waals surface area contributed by atoms with E-state index in [4.69, 9.17) is 20.9 Å². The van der Waals surface area contributed by atoms with Crippen LogP contribution in [-0.4, -0.2) is 212 Å². The number of methoxy groups -OCH3 is 2. The number of likely N-dealkylation sites (N-methyl/N-ethyl adjacent to an activating group) is 1. The topological polar surface area (TPSA) is 398 Å². The number of thioether (sulfide) groups is 1. The fraction of sp³-hybridized carbons (Fsp3) is 0.536. The molecule has 13 N–H and O–H groups in total. The number of benzene rings is 3. The van der Waals surface area contributed by atoms with Crippen LogP contribution in [0.4, 0.5) is 11.4 Å². The van der Waals surface area contributed by atoms with Crippen LogP contribution in [0.15, 0.2) is 82.9 Å². The van der Waals surface area contributed by atoms with Crippen molar-refractivity contribution in [3.8, 4) is 5.75 Å². The van der Waals surface area contributed by atoms with Gasteiger partial charge < -0.3 is 67.0 Å². The van der Waals surface area contributed by atoms with Gasteiger partial charge in [0.05, 0.1) is 48.9 Å². The predicted molar refractivity (Wildman–Crippen MR) is 362 cm³/mol. The van der Waals surface area contributed by atoms with E-state index in [9.17, 15) is 54.3 Å². The summed E-state index contributed by atoms with van der Waals surface area (Å²) >= 11 is 0.807. The van der Waals surface area contributed by atoms with Crippen LogP contribution in [0, 0.1) is 17.3 Å². The Morgan fingerprint density at radius 2 is 1.65 bits per heavy atom. The second-order valence-corrected chi connectivity index (χ2v) is 28.5. The van der Waals surface area contributed by atoms with E-state index in [0.717, 1.165) is 38.7 Å². The van der Waals surface area contributed by atoms with E-state index in [0.29, 0.717) is 106 Å². The minimum absolute atomic E-state index is 0.124. The Labute approximate surface area is 565 Å². The number of carbonyl (C=O) groups is 8. The van der Waals surface area contributed by atoms with Crippen molar-refractivity contribution in [2.75, 3.05) is 76.1 Å². The van der Waals surface area contributed by atoms with Crippen molar-refractivity contribution in [2.45, 2.75) is 149 Å². The molecule has 7 heterocycles. The molecule has 4 aromatic rings. The summed E-state index contributed by atoms with van der Waals surface area (Å²) < 4.78 is 12.5. The normalized spacial score (nSPS) is 29.7. The van der Waals surface area contributed by atoms with Crippen molar-refractivity contribution in [3.63, 3.8) is 0 Å². The third-order valence-electron chi connectivity index (χ3n) is 21.8. The number of H-pyrrole nitrogens is 1. The van der Waals surface area contributed by atoms with E-state index in [1.165, 1.54) is 19.2 Å². The van der Waals surface area contributed by atoms with E-state index in [-0.39, 0.29) is 42.7 Å². The van der Waals surface area contributed by atoms with Crippen LogP contribution >= 0.6 is 11.8 Å². The molecule has 11 rings (SSSR count). The molecule has 1 aromatic heterocycles. The number of aromatic nitrogens is 1. The highest BCUT2D eigenvalue weighted by Crippen LogP contribution is 2.68. The number of guanidine groups is 1. The number of nitrogens with one attached hydrogen (secondary N) is 4. The number of hydrazone groups is 1. The molecule has 1 saturated carbocycles. The van der Waals surface area contributed by atoms with Crippen molar-refractivity contribution < 1.29 is 73.4 Å². The molecule has 520 valence electrons. The molecule has 3 saturated heterocycles. The number of anilines is 2. The number of ether oxygens (including phenoxy) is 2. The quantitative estimate of drug-likeness (QED) is 0.00966. The maximum absolute atomic E-state index is 15.6. The first-order valence-electron chi connectivity index (χ1n) is 33.1. The minimum atomic E-state index is -2.57. The zero-order valence-electron chi connectivity index (χ0n) is 55.6. The Balaban J connectivity index is 0.857. The smallest absolute Gasteiger partial charge is 0.327 e. The maximum Gasteiger partial charge on any atom is 0.327 e. The molecule has 14 atom stereocenters. The first-order valence-corrected chi connectivity index (χ1v) is 34.2. The van der Waals surface area contributed by atoms with E-state index in [2.05, 4.69) is 47.0 Å². The summed E-state index contributed by atoms with van der Waals surface area (Å²) in [7, 11) is 4.75. The van der Waals surface area contributed by atoms with Crippen LogP contribution in [0.3, 0.4) is 0 Å². The Morgan fingerprint density at radius 3 is 2.33 bits per heavy atom. The number of esters is 1. The van der Waals surface area contributed by atoms with Crippen molar-refractivity contribution in [3.05, 3.63) is 101 Å². The summed E-state index contributed by atoms with van der Waals surface area (Å²) in [5.41, 5.74) is 11.2. The zero-order valence-corrected chi connectivity index (χ0v) is 56.4. The van der Waals surface area contributed by atoms with Crippen LogP contribution in [-0.2, 0) is 60.3 Å². The van der Waals surface area contributed by atoms with Gasteiger partial charge in [0.2, 0.25) is 23.6 Å². The Hall–Kier alpha value is -8.41. The molecule has 4 fully saturated rings. The molecule has 6 aliphatic heterocycles. The van der Waals surface area contributed by atoms with E-state index in [1.807, 2.05) is 61.2 Å². The van der Waals surface area contributed by atoms with Crippen LogP contribution in [0.25, 0.3) is 10.9 Å². The number of imide groups is 1. The van der Waals surface area contributed by atoms with Crippen LogP contribution in [0.5, 0.6) is 5.75 Å². The first kappa shape index (κ1) is 69.9. The number of aliphatic carboxylic acids is 2. The van der Waals surface area contributed by atoms with Gasteiger partial charge in [-0.2, -0.15) is 5.10 Å².